The van der Waals surface area contributed by atoms with Crippen molar-refractivity contribution in [3.63, 3.8) is 0 Å². The largest absolute Gasteiger partial charge is 0.397 e. The van der Waals surface area contributed by atoms with Crippen molar-refractivity contribution in [3.05, 3.63) is 52.9 Å². The summed E-state index contributed by atoms with van der Waals surface area (Å²) in [4.78, 5) is 2.27. The van der Waals surface area contributed by atoms with E-state index in [-0.39, 0.29) is 0 Å². The molecule has 4 rings (SSSR count). The molecule has 1 saturated heterocycles. The molecule has 8 nitrogen and oxygen atoms in total. The zero-order chi connectivity index (χ0) is 19.5. The molecular formula is C19H23ClN8. The number of hydrogen-bond donors (Lipinski definition) is 3. The van der Waals surface area contributed by atoms with Crippen LogP contribution >= 0.6 is 11.6 Å². The van der Waals surface area contributed by atoms with Crippen LogP contribution in [0.25, 0.3) is 16.6 Å². The first-order valence-corrected chi connectivity index (χ1v) is 9.67. The molecule has 2 aromatic heterocycles. The van der Waals surface area contributed by atoms with E-state index in [2.05, 4.69) is 25.3 Å². The second kappa shape index (κ2) is 8.04. The minimum Gasteiger partial charge on any atom is -0.397 e. The lowest BCUT2D eigenvalue weighted by Gasteiger charge is -2.27. The van der Waals surface area contributed by atoms with Crippen LogP contribution in [0.1, 0.15) is 30.5 Å². The lowest BCUT2D eigenvalue weighted by Crippen LogP contribution is -2.30. The van der Waals surface area contributed by atoms with Gasteiger partial charge in [0.1, 0.15) is 0 Å². The zero-order valence-electron chi connectivity index (χ0n) is 15.5. The molecule has 1 fully saturated rings. The molecule has 5 N–H and O–H groups in total. The summed E-state index contributed by atoms with van der Waals surface area (Å²) in [6.45, 7) is 2.47. The van der Waals surface area contributed by atoms with Crippen molar-refractivity contribution < 1.29 is 0 Å². The number of H-pyrrole nitrogens is 1. The average Bonchev–Trinajstić information content (AvgIpc) is 3.16. The van der Waals surface area contributed by atoms with E-state index in [1.807, 2.05) is 12.1 Å². The van der Waals surface area contributed by atoms with E-state index in [1.165, 1.54) is 24.3 Å². The Bertz CT molecular complexity index is 975. The number of halogens is 1. The van der Waals surface area contributed by atoms with E-state index >= 15 is 0 Å². The first-order valence-electron chi connectivity index (χ1n) is 9.29. The number of nitrogens with two attached hydrogens (primary N) is 2. The van der Waals surface area contributed by atoms with Crippen molar-refractivity contribution in [2.75, 3.05) is 18.0 Å². The van der Waals surface area contributed by atoms with Gasteiger partial charge < -0.3 is 15.6 Å². The second-order valence-electron chi connectivity index (χ2n) is 6.97. The second-order valence-corrected chi connectivity index (χ2v) is 7.41. The van der Waals surface area contributed by atoms with Crippen LogP contribution in [0.2, 0.25) is 5.02 Å². The van der Waals surface area contributed by atoms with Crippen molar-refractivity contribution in [1.82, 2.24) is 25.4 Å². The van der Waals surface area contributed by atoms with Gasteiger partial charge in [-0.2, -0.15) is 10.2 Å². The van der Waals surface area contributed by atoms with Gasteiger partial charge in [0, 0.05) is 35.3 Å². The molecule has 1 aromatic carbocycles. The third-order valence-corrected chi connectivity index (χ3v) is 5.09. The van der Waals surface area contributed by atoms with Gasteiger partial charge in [-0.15, -0.1) is 5.10 Å². The minimum atomic E-state index is 0.392. The van der Waals surface area contributed by atoms with E-state index in [0.29, 0.717) is 17.3 Å². The summed E-state index contributed by atoms with van der Waals surface area (Å²) in [5.74, 6) is 7.04. The zero-order valence-corrected chi connectivity index (χ0v) is 16.2. The van der Waals surface area contributed by atoms with Gasteiger partial charge in [-0.3, -0.25) is 5.10 Å². The summed E-state index contributed by atoms with van der Waals surface area (Å²) in [7, 11) is 0. The summed E-state index contributed by atoms with van der Waals surface area (Å²) in [6.07, 6.45) is 7.08. The molecule has 0 saturated carbocycles. The number of benzene rings is 1. The Morgan fingerprint density at radius 3 is 2.79 bits per heavy atom. The molecule has 1 aliphatic rings. The molecule has 0 unspecified atom stereocenters. The number of hydrazine groups is 1. The highest BCUT2D eigenvalue weighted by molar-refractivity contribution is 6.31. The number of aromatic amines is 1. The number of hydrogen-bond acceptors (Lipinski definition) is 7. The fourth-order valence-electron chi connectivity index (χ4n) is 3.46. The standard InChI is InChI=1S/C19H23ClN8/c20-13-8-15(16-10-23-25-18(16)9-13)17(21)12-28(22)11-14-4-5-19(26-24-14)27-6-2-1-3-7-27/h4-5,8-10,12H,1-3,6-7,11,21-22H2,(H,23,25)/b17-12-. The Hall–Kier alpha value is -2.84. The van der Waals surface area contributed by atoms with Crippen molar-refractivity contribution in [1.29, 1.82) is 0 Å². The molecule has 146 valence electrons. The Labute approximate surface area is 168 Å². The van der Waals surface area contributed by atoms with Gasteiger partial charge in [0.2, 0.25) is 0 Å². The van der Waals surface area contributed by atoms with E-state index in [0.717, 1.165) is 41.1 Å². The summed E-state index contributed by atoms with van der Waals surface area (Å²) in [5.41, 5.74) is 9.12. The Balaban J connectivity index is 1.47. The molecule has 0 spiro atoms. The predicted octanol–water partition coefficient (Wildman–Crippen LogP) is 2.63. The molecule has 3 aromatic rings. The van der Waals surface area contributed by atoms with Crippen LogP contribution in [0.3, 0.4) is 0 Å². The lowest BCUT2D eigenvalue weighted by molar-refractivity contribution is 0.380. The highest BCUT2D eigenvalue weighted by Gasteiger charge is 2.13. The Kier molecular flexibility index (Phi) is 5.31. The quantitative estimate of drug-likeness (QED) is 0.447. The van der Waals surface area contributed by atoms with Gasteiger partial charge >= 0.3 is 0 Å². The fourth-order valence-corrected chi connectivity index (χ4v) is 3.68. The number of nitrogens with zero attached hydrogens (tertiary/aromatic N) is 5. The topological polar surface area (TPSA) is 113 Å². The maximum Gasteiger partial charge on any atom is 0.151 e. The smallest absolute Gasteiger partial charge is 0.151 e. The van der Waals surface area contributed by atoms with Crippen LogP contribution in [0.4, 0.5) is 5.82 Å². The normalized spacial score (nSPS) is 15.2. The number of piperidine rings is 1. The molecule has 0 amide bonds. The van der Waals surface area contributed by atoms with Crippen LogP contribution in [-0.4, -0.2) is 38.5 Å². The highest BCUT2D eigenvalue weighted by atomic mass is 35.5. The highest BCUT2D eigenvalue weighted by Crippen LogP contribution is 2.26. The first kappa shape index (κ1) is 18.5. The third-order valence-electron chi connectivity index (χ3n) is 4.87. The van der Waals surface area contributed by atoms with Crippen LogP contribution in [0.15, 0.2) is 36.7 Å². The van der Waals surface area contributed by atoms with Crippen molar-refractivity contribution in [3.8, 4) is 0 Å². The fraction of sp³-hybridized carbons (Fsp3) is 0.316. The molecular weight excluding hydrogens is 376 g/mol. The van der Waals surface area contributed by atoms with Gasteiger partial charge in [0.05, 0.1) is 29.6 Å². The predicted molar refractivity (Wildman–Crippen MR) is 111 cm³/mol. The molecule has 3 heterocycles. The number of anilines is 1. The van der Waals surface area contributed by atoms with Crippen molar-refractivity contribution in [2.45, 2.75) is 25.8 Å². The molecule has 9 heteroatoms. The maximum absolute atomic E-state index is 6.26. The number of fused-ring (bicyclic) bond motifs is 1. The monoisotopic (exact) mass is 398 g/mol. The summed E-state index contributed by atoms with van der Waals surface area (Å²) in [5, 5.41) is 18.6. The first-order chi connectivity index (χ1) is 13.6. The number of aromatic nitrogens is 4. The molecule has 1 aliphatic heterocycles. The van der Waals surface area contributed by atoms with E-state index in [9.17, 15) is 0 Å². The number of nitrogens with one attached hydrogen (secondary N) is 1. The SMILES string of the molecule is N/C(=C\N(N)Cc1ccc(N2CCCCC2)nn1)c1cc(Cl)cc2[nH]ncc12. The Morgan fingerprint density at radius 2 is 2.04 bits per heavy atom. The number of rotatable bonds is 5. The van der Waals surface area contributed by atoms with Crippen molar-refractivity contribution >= 4 is 34.0 Å². The van der Waals surface area contributed by atoms with Gasteiger partial charge in [-0.1, -0.05) is 11.6 Å². The van der Waals surface area contributed by atoms with Crippen molar-refractivity contribution in [2.24, 2.45) is 11.6 Å². The minimum absolute atomic E-state index is 0.392. The van der Waals surface area contributed by atoms with Crippen LogP contribution in [0.5, 0.6) is 0 Å². The molecule has 0 atom stereocenters. The third kappa shape index (κ3) is 4.02. The average molecular weight is 399 g/mol. The van der Waals surface area contributed by atoms with Gasteiger partial charge in [0.15, 0.2) is 5.82 Å². The molecule has 0 radical (unpaired) electrons. The summed E-state index contributed by atoms with van der Waals surface area (Å²) >= 11 is 6.17. The van der Waals surface area contributed by atoms with Crippen LogP contribution in [0, 0.1) is 0 Å². The summed E-state index contributed by atoms with van der Waals surface area (Å²) in [6, 6.07) is 7.56. The van der Waals surface area contributed by atoms with Gasteiger partial charge in [-0.25, -0.2) is 5.84 Å². The maximum atomic E-state index is 6.26. The van der Waals surface area contributed by atoms with E-state index in [4.69, 9.17) is 23.2 Å². The Morgan fingerprint density at radius 1 is 1.21 bits per heavy atom. The van der Waals surface area contributed by atoms with Crippen LogP contribution in [-0.2, 0) is 6.54 Å². The molecule has 0 aliphatic carbocycles. The van der Waals surface area contributed by atoms with Gasteiger partial charge in [0.25, 0.3) is 0 Å². The summed E-state index contributed by atoms with van der Waals surface area (Å²) < 4.78 is 0. The van der Waals surface area contributed by atoms with Crippen LogP contribution < -0.4 is 16.5 Å². The molecule has 28 heavy (non-hydrogen) atoms. The van der Waals surface area contributed by atoms with E-state index in [1.54, 1.807) is 24.5 Å². The lowest BCUT2D eigenvalue weighted by atomic mass is 10.1. The van der Waals surface area contributed by atoms with E-state index < -0.39 is 0 Å². The van der Waals surface area contributed by atoms with Gasteiger partial charge in [-0.05, 0) is 43.5 Å². The molecule has 0 bridgehead atoms.